The van der Waals surface area contributed by atoms with Gasteiger partial charge in [0.25, 0.3) is 0 Å². The summed E-state index contributed by atoms with van der Waals surface area (Å²) in [4.78, 5) is 14.2. The highest BCUT2D eigenvalue weighted by Gasteiger charge is 2.17. The number of aliphatic hydroxyl groups excluding tert-OH is 2. The molecule has 0 aliphatic heterocycles. The highest BCUT2D eigenvalue weighted by Crippen LogP contribution is 2.15. The molecule has 14 heavy (non-hydrogen) atoms. The summed E-state index contributed by atoms with van der Waals surface area (Å²) in [6, 6.07) is 3.06. The number of carbonyl (C=O) groups excluding carboxylic acids is 1. The number of aromatic nitrogens is 1. The Morgan fingerprint density at radius 1 is 1.50 bits per heavy atom. The molecular weight excluding hydrogens is 250 g/mol. The SMILES string of the molecule is O=Cc1ccc(C(O)C(O)CBr)nc1. The molecule has 1 heterocycles. The van der Waals surface area contributed by atoms with Gasteiger partial charge in [0.2, 0.25) is 0 Å². The second-order valence-electron chi connectivity index (χ2n) is 2.80. The molecule has 0 saturated carbocycles. The van der Waals surface area contributed by atoms with E-state index in [0.29, 0.717) is 17.5 Å². The minimum atomic E-state index is -1.03. The van der Waals surface area contributed by atoms with E-state index < -0.39 is 12.2 Å². The number of hydrogen-bond donors (Lipinski definition) is 2. The first-order valence-corrected chi connectivity index (χ1v) is 5.14. The summed E-state index contributed by atoms with van der Waals surface area (Å²) in [5, 5.41) is 19.1. The van der Waals surface area contributed by atoms with Crippen LogP contribution in [0.5, 0.6) is 0 Å². The van der Waals surface area contributed by atoms with Gasteiger partial charge in [-0.3, -0.25) is 9.78 Å². The fourth-order valence-electron chi connectivity index (χ4n) is 0.943. The van der Waals surface area contributed by atoms with Gasteiger partial charge in [-0.1, -0.05) is 15.9 Å². The van der Waals surface area contributed by atoms with Crippen LogP contribution in [0.4, 0.5) is 0 Å². The third kappa shape index (κ3) is 2.60. The predicted molar refractivity (Wildman–Crippen MR) is 54.4 cm³/mol. The molecule has 0 saturated heterocycles. The van der Waals surface area contributed by atoms with Gasteiger partial charge in [-0.25, -0.2) is 0 Å². The molecule has 2 unspecified atom stereocenters. The van der Waals surface area contributed by atoms with Crippen LogP contribution in [0.3, 0.4) is 0 Å². The maximum atomic E-state index is 10.3. The van der Waals surface area contributed by atoms with Gasteiger partial charge in [-0.05, 0) is 12.1 Å². The van der Waals surface area contributed by atoms with Crippen LogP contribution in [0, 0.1) is 0 Å². The molecule has 0 aliphatic carbocycles. The van der Waals surface area contributed by atoms with Crippen molar-refractivity contribution in [3.05, 3.63) is 29.6 Å². The standard InChI is InChI=1S/C9H10BrNO3/c10-3-8(13)9(14)7-2-1-6(5-12)4-11-7/h1-2,4-5,8-9,13-14H,3H2. The van der Waals surface area contributed by atoms with E-state index in [0.717, 1.165) is 0 Å². The lowest BCUT2D eigenvalue weighted by Crippen LogP contribution is -2.20. The summed E-state index contributed by atoms with van der Waals surface area (Å²) < 4.78 is 0. The quantitative estimate of drug-likeness (QED) is 0.617. The number of nitrogens with zero attached hydrogens (tertiary/aromatic N) is 1. The molecule has 1 rings (SSSR count). The highest BCUT2D eigenvalue weighted by atomic mass is 79.9. The molecule has 1 aromatic heterocycles. The summed E-state index contributed by atoms with van der Waals surface area (Å²) in [5.74, 6) is 0. The number of alkyl halides is 1. The molecule has 2 atom stereocenters. The maximum absolute atomic E-state index is 10.3. The van der Waals surface area contributed by atoms with E-state index in [2.05, 4.69) is 20.9 Å². The minimum absolute atomic E-state index is 0.269. The Bertz CT molecular complexity index is 301. The summed E-state index contributed by atoms with van der Waals surface area (Å²) in [6.07, 6.45) is 0.0935. The number of carbonyl (C=O) groups is 1. The van der Waals surface area contributed by atoms with Crippen LogP contribution in [0.2, 0.25) is 0 Å². The van der Waals surface area contributed by atoms with Crippen molar-refractivity contribution in [2.24, 2.45) is 0 Å². The molecule has 0 spiro atoms. The molecule has 0 bridgehead atoms. The van der Waals surface area contributed by atoms with Crippen molar-refractivity contribution in [1.82, 2.24) is 4.98 Å². The Morgan fingerprint density at radius 3 is 2.64 bits per heavy atom. The number of pyridine rings is 1. The van der Waals surface area contributed by atoms with Crippen LogP contribution >= 0.6 is 15.9 Å². The normalized spacial score (nSPS) is 14.8. The van der Waals surface area contributed by atoms with Crippen molar-refractivity contribution in [1.29, 1.82) is 0 Å². The van der Waals surface area contributed by atoms with E-state index in [4.69, 9.17) is 0 Å². The molecule has 0 aliphatic rings. The van der Waals surface area contributed by atoms with Gasteiger partial charge in [-0.2, -0.15) is 0 Å². The fourth-order valence-corrected chi connectivity index (χ4v) is 1.30. The molecular formula is C9H10BrNO3. The zero-order chi connectivity index (χ0) is 10.6. The van der Waals surface area contributed by atoms with E-state index in [1.54, 1.807) is 6.07 Å². The van der Waals surface area contributed by atoms with E-state index >= 15 is 0 Å². The van der Waals surface area contributed by atoms with Crippen LogP contribution in [-0.4, -0.2) is 32.9 Å². The first-order chi connectivity index (χ1) is 6.69. The Labute approximate surface area is 89.7 Å². The third-order valence-corrected chi connectivity index (χ3v) is 2.43. The first kappa shape index (κ1) is 11.3. The zero-order valence-electron chi connectivity index (χ0n) is 7.30. The number of hydrogen-bond acceptors (Lipinski definition) is 4. The lowest BCUT2D eigenvalue weighted by atomic mass is 10.1. The first-order valence-electron chi connectivity index (χ1n) is 4.02. The Morgan fingerprint density at radius 2 is 2.21 bits per heavy atom. The molecule has 4 nitrogen and oxygen atoms in total. The van der Waals surface area contributed by atoms with Crippen LogP contribution in [0.15, 0.2) is 18.3 Å². The minimum Gasteiger partial charge on any atom is -0.389 e. The van der Waals surface area contributed by atoms with Crippen molar-refractivity contribution < 1.29 is 15.0 Å². The number of rotatable bonds is 4. The Hall–Kier alpha value is -0.780. The average Bonchev–Trinajstić information content (AvgIpc) is 2.27. The van der Waals surface area contributed by atoms with Gasteiger partial charge >= 0.3 is 0 Å². The number of aliphatic hydroxyl groups is 2. The van der Waals surface area contributed by atoms with E-state index in [1.807, 2.05) is 0 Å². The molecule has 5 heteroatoms. The average molecular weight is 260 g/mol. The fraction of sp³-hybridized carbons (Fsp3) is 0.333. The molecule has 0 aromatic carbocycles. The van der Waals surface area contributed by atoms with Crippen LogP contribution in [-0.2, 0) is 0 Å². The molecule has 0 fully saturated rings. The van der Waals surface area contributed by atoms with Crippen LogP contribution < -0.4 is 0 Å². The smallest absolute Gasteiger partial charge is 0.151 e. The molecule has 2 N–H and O–H groups in total. The molecule has 0 radical (unpaired) electrons. The predicted octanol–water partition coefficient (Wildman–Crippen LogP) is 0.683. The Balaban J connectivity index is 2.80. The van der Waals surface area contributed by atoms with Gasteiger partial charge in [0, 0.05) is 17.1 Å². The van der Waals surface area contributed by atoms with Crippen molar-refractivity contribution in [3.63, 3.8) is 0 Å². The molecule has 1 aromatic rings. The third-order valence-electron chi connectivity index (χ3n) is 1.77. The van der Waals surface area contributed by atoms with E-state index in [-0.39, 0.29) is 5.33 Å². The summed E-state index contributed by atoms with van der Waals surface area (Å²) in [5.41, 5.74) is 0.789. The van der Waals surface area contributed by atoms with Crippen LogP contribution in [0.25, 0.3) is 0 Å². The maximum Gasteiger partial charge on any atom is 0.151 e. The molecule has 0 amide bonds. The largest absolute Gasteiger partial charge is 0.389 e. The van der Waals surface area contributed by atoms with Gasteiger partial charge in [0.05, 0.1) is 11.8 Å². The van der Waals surface area contributed by atoms with Crippen LogP contribution in [0.1, 0.15) is 22.2 Å². The van der Waals surface area contributed by atoms with Gasteiger partial charge in [0.1, 0.15) is 6.10 Å². The van der Waals surface area contributed by atoms with Gasteiger partial charge in [0.15, 0.2) is 6.29 Å². The topological polar surface area (TPSA) is 70.4 Å². The van der Waals surface area contributed by atoms with Crippen molar-refractivity contribution >= 4 is 22.2 Å². The second-order valence-corrected chi connectivity index (χ2v) is 3.45. The van der Waals surface area contributed by atoms with E-state index in [1.165, 1.54) is 12.3 Å². The number of aldehydes is 1. The zero-order valence-corrected chi connectivity index (χ0v) is 8.89. The van der Waals surface area contributed by atoms with Crippen molar-refractivity contribution in [2.45, 2.75) is 12.2 Å². The van der Waals surface area contributed by atoms with Gasteiger partial charge < -0.3 is 10.2 Å². The highest BCUT2D eigenvalue weighted by molar-refractivity contribution is 9.09. The number of halogens is 1. The summed E-state index contributed by atoms with van der Waals surface area (Å²) in [6.45, 7) is 0. The van der Waals surface area contributed by atoms with Crippen molar-refractivity contribution in [2.75, 3.05) is 5.33 Å². The monoisotopic (exact) mass is 259 g/mol. The van der Waals surface area contributed by atoms with E-state index in [9.17, 15) is 15.0 Å². The lowest BCUT2D eigenvalue weighted by molar-refractivity contribution is 0.0315. The summed E-state index contributed by atoms with van der Waals surface area (Å²) >= 11 is 3.05. The Kier molecular flexibility index (Phi) is 4.19. The summed E-state index contributed by atoms with van der Waals surface area (Å²) in [7, 11) is 0. The van der Waals surface area contributed by atoms with Gasteiger partial charge in [-0.15, -0.1) is 0 Å². The molecule has 76 valence electrons. The van der Waals surface area contributed by atoms with Crippen molar-refractivity contribution in [3.8, 4) is 0 Å². The lowest BCUT2D eigenvalue weighted by Gasteiger charge is -2.14. The second kappa shape index (κ2) is 5.19.